The third kappa shape index (κ3) is 2.09. The van der Waals surface area contributed by atoms with Crippen LogP contribution in [0.1, 0.15) is 15.9 Å². The highest BCUT2D eigenvalue weighted by molar-refractivity contribution is 9.10. The number of aldehydes is 1. The van der Waals surface area contributed by atoms with Gasteiger partial charge in [0.1, 0.15) is 0 Å². The molecule has 5 nitrogen and oxygen atoms in total. The zero-order chi connectivity index (χ0) is 10.6. The quantitative estimate of drug-likeness (QED) is 0.234. The van der Waals surface area contributed by atoms with Crippen LogP contribution in [-0.2, 0) is 0 Å². The van der Waals surface area contributed by atoms with Gasteiger partial charge >= 0.3 is 0 Å². The highest BCUT2D eigenvalue weighted by Crippen LogP contribution is 2.15. The number of benzene rings is 1. The van der Waals surface area contributed by atoms with Crippen molar-refractivity contribution in [3.8, 4) is 0 Å². The van der Waals surface area contributed by atoms with Gasteiger partial charge < -0.3 is 11.3 Å². The van der Waals surface area contributed by atoms with Crippen molar-refractivity contribution < 1.29 is 4.79 Å². The number of carbonyl (C=O) groups excluding carboxylic acids is 1. The molecule has 14 heavy (non-hydrogen) atoms. The van der Waals surface area contributed by atoms with Crippen molar-refractivity contribution in [1.82, 2.24) is 5.43 Å². The molecule has 5 N–H and O–H groups in total. The molecule has 0 saturated heterocycles. The minimum atomic E-state index is 0.264. The largest absolute Gasteiger partial charge is 0.321 e. The second kappa shape index (κ2) is 4.73. The van der Waals surface area contributed by atoms with E-state index in [-0.39, 0.29) is 5.84 Å². The van der Waals surface area contributed by atoms with E-state index < -0.39 is 0 Å². The zero-order valence-corrected chi connectivity index (χ0v) is 8.78. The number of hydrogen-bond donors (Lipinski definition) is 3. The van der Waals surface area contributed by atoms with Crippen molar-refractivity contribution in [3.05, 3.63) is 33.8 Å². The predicted molar refractivity (Wildman–Crippen MR) is 57.6 cm³/mol. The van der Waals surface area contributed by atoms with Crippen LogP contribution in [0.15, 0.2) is 27.8 Å². The second-order valence-corrected chi connectivity index (χ2v) is 3.39. The predicted octanol–water partition coefficient (Wildman–Crippen LogP) is 0.345. The summed E-state index contributed by atoms with van der Waals surface area (Å²) in [6.45, 7) is 0. The van der Waals surface area contributed by atoms with Crippen molar-refractivity contribution in [3.63, 3.8) is 0 Å². The molecular weight excluding hydrogens is 248 g/mol. The number of carbonyl (C=O) groups is 1. The smallest absolute Gasteiger partial charge is 0.167 e. The van der Waals surface area contributed by atoms with Crippen LogP contribution in [0.3, 0.4) is 0 Å². The lowest BCUT2D eigenvalue weighted by Gasteiger charge is -2.06. The molecule has 0 aliphatic heterocycles. The number of nitrogens with one attached hydrogen (secondary N) is 1. The molecule has 0 saturated carbocycles. The first-order valence-corrected chi connectivity index (χ1v) is 4.51. The molecule has 0 amide bonds. The van der Waals surface area contributed by atoms with E-state index in [1.807, 2.05) is 0 Å². The van der Waals surface area contributed by atoms with Gasteiger partial charge in [0.2, 0.25) is 0 Å². The van der Waals surface area contributed by atoms with Crippen molar-refractivity contribution in [2.24, 2.45) is 16.8 Å². The molecule has 1 rings (SSSR count). The highest BCUT2D eigenvalue weighted by atomic mass is 79.9. The molecule has 0 aromatic heterocycles. The molecule has 74 valence electrons. The Morgan fingerprint density at radius 1 is 1.57 bits per heavy atom. The van der Waals surface area contributed by atoms with Gasteiger partial charge in [0.05, 0.1) is 0 Å². The number of hydrazone groups is 1. The molecule has 6 heteroatoms. The minimum absolute atomic E-state index is 0.264. The topological polar surface area (TPSA) is 93.5 Å². The molecule has 0 aliphatic rings. The van der Waals surface area contributed by atoms with E-state index in [9.17, 15) is 4.79 Å². The van der Waals surface area contributed by atoms with Crippen LogP contribution in [0.5, 0.6) is 0 Å². The van der Waals surface area contributed by atoms with E-state index in [1.165, 1.54) is 0 Å². The molecule has 0 radical (unpaired) electrons. The van der Waals surface area contributed by atoms with Crippen molar-refractivity contribution in [2.45, 2.75) is 0 Å². The van der Waals surface area contributed by atoms with Crippen LogP contribution >= 0.6 is 15.9 Å². The Bertz CT molecular complexity index is 378. The fraction of sp³-hybridized carbons (Fsp3) is 0. The van der Waals surface area contributed by atoms with Crippen LogP contribution in [0.2, 0.25) is 0 Å². The van der Waals surface area contributed by atoms with Gasteiger partial charge in [0, 0.05) is 15.6 Å². The number of halogens is 1. The first-order valence-electron chi connectivity index (χ1n) is 3.72. The number of hydrogen-bond acceptors (Lipinski definition) is 4. The average Bonchev–Trinajstić information content (AvgIpc) is 2.21. The second-order valence-electron chi connectivity index (χ2n) is 2.47. The SMILES string of the molecule is N/N=C(\NN)c1ccc(Br)cc1C=O. The van der Waals surface area contributed by atoms with Crippen LogP contribution in [0.25, 0.3) is 0 Å². The fourth-order valence-electron chi connectivity index (χ4n) is 1.03. The number of amidine groups is 1. The van der Waals surface area contributed by atoms with Gasteiger partial charge in [-0.25, -0.2) is 5.84 Å². The van der Waals surface area contributed by atoms with E-state index in [0.717, 1.165) is 4.47 Å². The lowest BCUT2D eigenvalue weighted by atomic mass is 10.1. The number of nitrogens with zero attached hydrogens (tertiary/aromatic N) is 1. The lowest BCUT2D eigenvalue weighted by molar-refractivity contribution is 0.112. The van der Waals surface area contributed by atoms with Gasteiger partial charge in [-0.15, -0.1) is 0 Å². The summed E-state index contributed by atoms with van der Waals surface area (Å²) in [5.41, 5.74) is 3.34. The zero-order valence-electron chi connectivity index (χ0n) is 7.20. The van der Waals surface area contributed by atoms with E-state index in [0.29, 0.717) is 17.4 Å². The lowest BCUT2D eigenvalue weighted by Crippen LogP contribution is -2.32. The molecule has 1 aromatic rings. The molecular formula is C8H9BrN4O. The average molecular weight is 257 g/mol. The number of hydrazine groups is 1. The maximum absolute atomic E-state index is 10.7. The van der Waals surface area contributed by atoms with Crippen LogP contribution in [0.4, 0.5) is 0 Å². The van der Waals surface area contributed by atoms with Crippen LogP contribution in [0, 0.1) is 0 Å². The number of nitrogens with two attached hydrogens (primary N) is 2. The van der Waals surface area contributed by atoms with Gasteiger partial charge in [0.15, 0.2) is 12.1 Å². The van der Waals surface area contributed by atoms with Crippen molar-refractivity contribution >= 4 is 28.1 Å². The molecule has 0 spiro atoms. The monoisotopic (exact) mass is 256 g/mol. The summed E-state index contributed by atoms with van der Waals surface area (Å²) in [6.07, 6.45) is 0.711. The molecule has 0 unspecified atom stereocenters. The van der Waals surface area contributed by atoms with Gasteiger partial charge in [-0.2, -0.15) is 5.10 Å². The standard InChI is InChI=1S/C8H9BrN4O/c9-6-1-2-7(5(3-6)4-14)8(12-10)13-11/h1-4H,10-11H2,(H,12,13). The highest BCUT2D eigenvalue weighted by Gasteiger charge is 2.07. The Morgan fingerprint density at radius 3 is 2.79 bits per heavy atom. The van der Waals surface area contributed by atoms with Gasteiger partial charge in [0.25, 0.3) is 0 Å². The third-order valence-electron chi connectivity index (χ3n) is 1.66. The van der Waals surface area contributed by atoms with Gasteiger partial charge in [-0.1, -0.05) is 15.9 Å². The van der Waals surface area contributed by atoms with Gasteiger partial charge in [-0.3, -0.25) is 4.79 Å². The Balaban J connectivity index is 3.26. The normalized spacial score (nSPS) is 11.1. The summed E-state index contributed by atoms with van der Waals surface area (Å²) in [4.78, 5) is 10.7. The Morgan fingerprint density at radius 2 is 2.29 bits per heavy atom. The Kier molecular flexibility index (Phi) is 3.61. The molecule has 1 aromatic carbocycles. The molecule has 0 aliphatic carbocycles. The van der Waals surface area contributed by atoms with Crippen molar-refractivity contribution in [1.29, 1.82) is 0 Å². The van der Waals surface area contributed by atoms with Crippen LogP contribution < -0.4 is 17.1 Å². The Hall–Kier alpha value is -1.40. The summed E-state index contributed by atoms with van der Waals surface area (Å²) in [5.74, 6) is 10.5. The molecule has 0 fully saturated rings. The summed E-state index contributed by atoms with van der Waals surface area (Å²) in [6, 6.07) is 5.12. The molecule has 0 atom stereocenters. The summed E-state index contributed by atoms with van der Waals surface area (Å²) >= 11 is 3.25. The first kappa shape index (κ1) is 10.7. The third-order valence-corrected chi connectivity index (χ3v) is 2.15. The number of rotatable bonds is 2. The van der Waals surface area contributed by atoms with Crippen LogP contribution in [-0.4, -0.2) is 12.1 Å². The summed E-state index contributed by atoms with van der Waals surface area (Å²) < 4.78 is 0.803. The summed E-state index contributed by atoms with van der Waals surface area (Å²) in [7, 11) is 0. The maximum atomic E-state index is 10.7. The molecule has 0 bridgehead atoms. The van der Waals surface area contributed by atoms with Gasteiger partial charge in [-0.05, 0) is 18.2 Å². The summed E-state index contributed by atoms with van der Waals surface area (Å²) in [5, 5.41) is 3.42. The van der Waals surface area contributed by atoms with E-state index in [2.05, 4.69) is 26.5 Å². The maximum Gasteiger partial charge on any atom is 0.167 e. The van der Waals surface area contributed by atoms with E-state index >= 15 is 0 Å². The minimum Gasteiger partial charge on any atom is -0.321 e. The van der Waals surface area contributed by atoms with E-state index in [4.69, 9.17) is 11.7 Å². The molecule has 0 heterocycles. The fourth-order valence-corrected chi connectivity index (χ4v) is 1.41. The van der Waals surface area contributed by atoms with E-state index in [1.54, 1.807) is 18.2 Å². The van der Waals surface area contributed by atoms with Crippen molar-refractivity contribution in [2.75, 3.05) is 0 Å². The first-order chi connectivity index (χ1) is 6.72. The Labute approximate surface area is 89.3 Å².